The van der Waals surface area contributed by atoms with E-state index in [1.54, 1.807) is 29.2 Å². The Morgan fingerprint density at radius 2 is 1.65 bits per heavy atom. The lowest BCUT2D eigenvalue weighted by Gasteiger charge is -2.21. The van der Waals surface area contributed by atoms with Gasteiger partial charge in [0, 0.05) is 32.1 Å². The highest BCUT2D eigenvalue weighted by Gasteiger charge is 2.13. The van der Waals surface area contributed by atoms with Gasteiger partial charge in [0.1, 0.15) is 0 Å². The molecule has 0 aromatic heterocycles. The second-order valence-electron chi connectivity index (χ2n) is 5.95. The van der Waals surface area contributed by atoms with Gasteiger partial charge in [-0.05, 0) is 17.2 Å². The second kappa shape index (κ2) is 9.36. The predicted molar refractivity (Wildman–Crippen MR) is 98.6 cm³/mol. The van der Waals surface area contributed by atoms with Gasteiger partial charge in [-0.15, -0.1) is 0 Å². The Balaban J connectivity index is 1.94. The summed E-state index contributed by atoms with van der Waals surface area (Å²) in [6.07, 6.45) is -0.0299. The number of benzene rings is 2. The molecule has 0 saturated carbocycles. The third kappa shape index (κ3) is 6.05. The van der Waals surface area contributed by atoms with Crippen LogP contribution in [0.4, 0.5) is 5.69 Å². The summed E-state index contributed by atoms with van der Waals surface area (Å²) in [5.74, 6) is -1.33. The van der Waals surface area contributed by atoms with Crippen LogP contribution in [0, 0.1) is 0 Å². The summed E-state index contributed by atoms with van der Waals surface area (Å²) in [5.41, 5.74) is 2.02. The molecule has 0 bridgehead atoms. The number of hydrogen-bond acceptors (Lipinski definition) is 3. The average Bonchev–Trinajstić information content (AvgIpc) is 2.60. The molecule has 2 aromatic carbocycles. The maximum Gasteiger partial charge on any atom is 0.307 e. The topological polar surface area (TPSA) is 86.7 Å². The number of nitrogens with one attached hydrogen (secondary N) is 1. The van der Waals surface area contributed by atoms with E-state index in [4.69, 9.17) is 5.11 Å². The molecule has 0 saturated heterocycles. The molecule has 0 aliphatic heterocycles. The summed E-state index contributed by atoms with van der Waals surface area (Å²) < 4.78 is 0. The molecule has 2 rings (SSSR count). The fraction of sp³-hybridized carbons (Fsp3) is 0.250. The van der Waals surface area contributed by atoms with E-state index in [1.807, 2.05) is 30.3 Å². The van der Waals surface area contributed by atoms with E-state index in [-0.39, 0.29) is 31.2 Å². The summed E-state index contributed by atoms with van der Waals surface area (Å²) in [6.45, 7) is 2.21. The molecule has 0 unspecified atom stereocenters. The van der Waals surface area contributed by atoms with Gasteiger partial charge in [0.15, 0.2) is 0 Å². The van der Waals surface area contributed by atoms with Crippen LogP contribution in [0.2, 0.25) is 0 Å². The standard InChI is InChI=1S/C20H22N2O4/c1-15(23)22(14-16-7-3-2-4-8-16)12-11-19(24)21-18-10-6-5-9-17(18)13-20(25)26/h2-10H,11-14H2,1H3,(H,21,24)(H,25,26). The van der Waals surface area contributed by atoms with Crippen molar-refractivity contribution in [3.8, 4) is 0 Å². The maximum atomic E-state index is 12.2. The minimum atomic E-state index is -0.961. The Bertz CT molecular complexity index is 774. The SMILES string of the molecule is CC(=O)N(CCC(=O)Nc1ccccc1CC(=O)O)Cc1ccccc1. The van der Waals surface area contributed by atoms with E-state index in [1.165, 1.54) is 6.92 Å². The van der Waals surface area contributed by atoms with Crippen LogP contribution in [0.5, 0.6) is 0 Å². The fourth-order valence-electron chi connectivity index (χ4n) is 2.56. The molecule has 0 fully saturated rings. The van der Waals surface area contributed by atoms with Crippen LogP contribution < -0.4 is 5.32 Å². The lowest BCUT2D eigenvalue weighted by Crippen LogP contribution is -2.31. The van der Waals surface area contributed by atoms with Gasteiger partial charge in [-0.1, -0.05) is 48.5 Å². The average molecular weight is 354 g/mol. The molecule has 2 aromatic rings. The molecular formula is C20H22N2O4. The van der Waals surface area contributed by atoms with Crippen LogP contribution in [-0.4, -0.2) is 34.3 Å². The molecule has 6 nitrogen and oxygen atoms in total. The lowest BCUT2D eigenvalue weighted by molar-refractivity contribution is -0.136. The summed E-state index contributed by atoms with van der Waals surface area (Å²) in [7, 11) is 0. The van der Waals surface area contributed by atoms with Crippen molar-refractivity contribution >= 4 is 23.5 Å². The van der Waals surface area contributed by atoms with Gasteiger partial charge in [0.05, 0.1) is 6.42 Å². The first kappa shape index (κ1) is 19.2. The van der Waals surface area contributed by atoms with Crippen LogP contribution >= 0.6 is 0 Å². The molecule has 0 radical (unpaired) electrons. The zero-order valence-electron chi connectivity index (χ0n) is 14.6. The Morgan fingerprint density at radius 3 is 2.31 bits per heavy atom. The van der Waals surface area contributed by atoms with Crippen LogP contribution in [0.1, 0.15) is 24.5 Å². The van der Waals surface area contributed by atoms with E-state index in [9.17, 15) is 14.4 Å². The third-order valence-electron chi connectivity index (χ3n) is 3.90. The Labute approximate surface area is 152 Å². The first-order valence-corrected chi connectivity index (χ1v) is 8.34. The van der Waals surface area contributed by atoms with E-state index in [2.05, 4.69) is 5.32 Å². The highest BCUT2D eigenvalue weighted by Crippen LogP contribution is 2.16. The number of carboxylic acids is 1. The van der Waals surface area contributed by atoms with Gasteiger partial charge < -0.3 is 15.3 Å². The van der Waals surface area contributed by atoms with Crippen molar-refractivity contribution in [2.75, 3.05) is 11.9 Å². The third-order valence-corrected chi connectivity index (χ3v) is 3.90. The van der Waals surface area contributed by atoms with Crippen molar-refractivity contribution in [3.63, 3.8) is 0 Å². The van der Waals surface area contributed by atoms with Crippen LogP contribution in [0.25, 0.3) is 0 Å². The monoisotopic (exact) mass is 354 g/mol. The normalized spacial score (nSPS) is 10.2. The van der Waals surface area contributed by atoms with Crippen molar-refractivity contribution in [2.45, 2.75) is 26.3 Å². The van der Waals surface area contributed by atoms with Gasteiger partial charge in [0.25, 0.3) is 0 Å². The van der Waals surface area contributed by atoms with Crippen molar-refractivity contribution in [1.82, 2.24) is 4.90 Å². The number of nitrogens with zero attached hydrogens (tertiary/aromatic N) is 1. The molecule has 0 heterocycles. The number of carbonyl (C=O) groups excluding carboxylic acids is 2. The Hall–Kier alpha value is -3.15. The largest absolute Gasteiger partial charge is 0.481 e. The quantitative estimate of drug-likeness (QED) is 0.763. The predicted octanol–water partition coefficient (Wildman–Crippen LogP) is 2.69. The number of hydrogen-bond donors (Lipinski definition) is 2. The fourth-order valence-corrected chi connectivity index (χ4v) is 2.56. The lowest BCUT2D eigenvalue weighted by atomic mass is 10.1. The number of anilines is 1. The molecule has 2 N–H and O–H groups in total. The zero-order valence-corrected chi connectivity index (χ0v) is 14.6. The second-order valence-corrected chi connectivity index (χ2v) is 5.95. The summed E-state index contributed by atoms with van der Waals surface area (Å²) in [4.78, 5) is 36.6. The minimum absolute atomic E-state index is 0.104. The maximum absolute atomic E-state index is 12.2. The van der Waals surface area contributed by atoms with E-state index in [0.717, 1.165) is 5.56 Å². The number of para-hydroxylation sites is 1. The molecule has 136 valence electrons. The minimum Gasteiger partial charge on any atom is -0.481 e. The molecule has 2 amide bonds. The van der Waals surface area contributed by atoms with Crippen LogP contribution in [-0.2, 0) is 27.3 Å². The number of amides is 2. The number of carboxylic acid groups (broad SMARTS) is 1. The number of carbonyl (C=O) groups is 3. The zero-order chi connectivity index (χ0) is 18.9. The van der Waals surface area contributed by atoms with Gasteiger partial charge in [-0.25, -0.2) is 0 Å². The first-order chi connectivity index (χ1) is 12.5. The molecule has 0 aliphatic carbocycles. The first-order valence-electron chi connectivity index (χ1n) is 8.34. The highest BCUT2D eigenvalue weighted by atomic mass is 16.4. The van der Waals surface area contributed by atoms with E-state index < -0.39 is 5.97 Å². The Morgan fingerprint density at radius 1 is 1.00 bits per heavy atom. The highest BCUT2D eigenvalue weighted by molar-refractivity contribution is 5.92. The van der Waals surface area contributed by atoms with Gasteiger partial charge in [-0.2, -0.15) is 0 Å². The molecular weight excluding hydrogens is 332 g/mol. The van der Waals surface area contributed by atoms with E-state index >= 15 is 0 Å². The molecule has 26 heavy (non-hydrogen) atoms. The van der Waals surface area contributed by atoms with Crippen LogP contribution in [0.3, 0.4) is 0 Å². The molecule has 0 atom stereocenters. The van der Waals surface area contributed by atoms with Crippen molar-refractivity contribution in [1.29, 1.82) is 0 Å². The molecule has 0 aliphatic rings. The van der Waals surface area contributed by atoms with Gasteiger partial charge >= 0.3 is 5.97 Å². The molecule has 0 spiro atoms. The van der Waals surface area contributed by atoms with E-state index in [0.29, 0.717) is 17.8 Å². The summed E-state index contributed by atoms with van der Waals surface area (Å²) in [5, 5.41) is 11.7. The van der Waals surface area contributed by atoms with Gasteiger partial charge in [0.2, 0.25) is 11.8 Å². The smallest absolute Gasteiger partial charge is 0.307 e. The van der Waals surface area contributed by atoms with Crippen molar-refractivity contribution in [3.05, 3.63) is 65.7 Å². The Kier molecular flexibility index (Phi) is 6.91. The molecule has 6 heteroatoms. The van der Waals surface area contributed by atoms with Crippen molar-refractivity contribution < 1.29 is 19.5 Å². The van der Waals surface area contributed by atoms with Crippen LogP contribution in [0.15, 0.2) is 54.6 Å². The van der Waals surface area contributed by atoms with Crippen molar-refractivity contribution in [2.24, 2.45) is 0 Å². The van der Waals surface area contributed by atoms with Gasteiger partial charge in [-0.3, -0.25) is 14.4 Å². The summed E-state index contributed by atoms with van der Waals surface area (Å²) >= 11 is 0. The summed E-state index contributed by atoms with van der Waals surface area (Å²) in [6, 6.07) is 16.4. The number of aliphatic carboxylic acids is 1. The number of rotatable bonds is 8.